The fourth-order valence-corrected chi connectivity index (χ4v) is 2.09. The molecule has 1 aromatic carbocycles. The highest BCUT2D eigenvalue weighted by Gasteiger charge is 2.39. The van der Waals surface area contributed by atoms with Gasteiger partial charge in [-0.05, 0) is 20.3 Å². The Hall–Kier alpha value is -2.78. The van der Waals surface area contributed by atoms with Gasteiger partial charge in [0.25, 0.3) is 0 Å². The lowest BCUT2D eigenvalue weighted by atomic mass is 9.94. The quantitative estimate of drug-likeness (QED) is 0.132. The number of esters is 1. The molecule has 0 N–H and O–H groups in total. The van der Waals surface area contributed by atoms with Crippen LogP contribution >= 0.6 is 0 Å². The topological polar surface area (TPSA) is 98.9 Å². The molecule has 7 nitrogen and oxygen atoms in total. The maximum Gasteiger partial charge on any atom is 0.322 e. The largest absolute Gasteiger partial charge is 0.465 e. The van der Waals surface area contributed by atoms with Crippen LogP contribution in [0, 0.1) is 40.4 Å². The molecule has 0 aromatic heterocycles. The summed E-state index contributed by atoms with van der Waals surface area (Å²) in [6.07, 6.45) is 1.43. The molecule has 0 amide bonds. The van der Waals surface area contributed by atoms with Crippen LogP contribution in [0.25, 0.3) is 0 Å². The summed E-state index contributed by atoms with van der Waals surface area (Å²) in [5, 5.41) is 11.1. The summed E-state index contributed by atoms with van der Waals surface area (Å²) in [4.78, 5) is 38.0. The molecular weight excluding hydrogens is 357 g/mol. The monoisotopic (exact) mass is 374 g/mol. The molecule has 0 bridgehead atoms. The molecule has 10 heteroatoms. The first-order valence-electron chi connectivity index (χ1n) is 7.71. The Morgan fingerprint density at radius 3 is 2.35 bits per heavy atom. The highest BCUT2D eigenvalue weighted by Crippen LogP contribution is 2.32. The van der Waals surface area contributed by atoms with E-state index < -0.39 is 56.9 Å². The van der Waals surface area contributed by atoms with Crippen LogP contribution in [-0.2, 0) is 9.53 Å². The van der Waals surface area contributed by atoms with Gasteiger partial charge in [0, 0.05) is 18.3 Å². The van der Waals surface area contributed by atoms with Gasteiger partial charge in [0.05, 0.1) is 11.5 Å². The van der Waals surface area contributed by atoms with E-state index in [4.69, 9.17) is 4.74 Å². The predicted molar refractivity (Wildman–Crippen MR) is 85.8 cm³/mol. The van der Waals surface area contributed by atoms with E-state index in [1.807, 2.05) is 0 Å². The first-order chi connectivity index (χ1) is 12.2. The maximum atomic E-state index is 14.4. The molecule has 0 aliphatic heterocycles. The number of ketones is 1. The number of benzene rings is 1. The van der Waals surface area contributed by atoms with Crippen molar-refractivity contribution in [3.63, 3.8) is 0 Å². The van der Waals surface area contributed by atoms with Gasteiger partial charge in [0.1, 0.15) is 11.4 Å². The second-order valence-corrected chi connectivity index (χ2v) is 5.20. The van der Waals surface area contributed by atoms with Gasteiger partial charge in [0.2, 0.25) is 5.82 Å². The van der Waals surface area contributed by atoms with Crippen LogP contribution < -0.4 is 0 Å². The molecule has 0 saturated carbocycles. The highest BCUT2D eigenvalue weighted by molar-refractivity contribution is 6.20. The first-order valence-corrected chi connectivity index (χ1v) is 7.71. The standard InChI is InChI=1S/C16H17F3N2O5/c1-4-6-20-7-9(16(23)26-5-2)15(22)10-11(17)8(3)12(18)13(19)14(10)21(24)25/h7,9H,4-6H2,1-3H3. The number of hydrogen-bond acceptors (Lipinski definition) is 6. The number of carbonyl (C=O) groups is 2. The van der Waals surface area contributed by atoms with Crippen LogP contribution in [0.1, 0.15) is 36.2 Å². The summed E-state index contributed by atoms with van der Waals surface area (Å²) in [6, 6.07) is 0. The number of carbonyl (C=O) groups excluding carboxylic acids is 2. The first kappa shape index (κ1) is 21.3. The van der Waals surface area contributed by atoms with Gasteiger partial charge in [0.15, 0.2) is 17.5 Å². The highest BCUT2D eigenvalue weighted by atomic mass is 19.2. The van der Waals surface area contributed by atoms with Crippen molar-refractivity contribution in [1.29, 1.82) is 0 Å². The zero-order chi connectivity index (χ0) is 20.0. The van der Waals surface area contributed by atoms with Gasteiger partial charge in [-0.2, -0.15) is 4.39 Å². The van der Waals surface area contributed by atoms with Gasteiger partial charge >= 0.3 is 11.7 Å². The van der Waals surface area contributed by atoms with Crippen molar-refractivity contribution >= 4 is 23.7 Å². The van der Waals surface area contributed by atoms with Crippen LogP contribution in [0.3, 0.4) is 0 Å². The number of nitrogens with zero attached hydrogens (tertiary/aromatic N) is 2. The maximum absolute atomic E-state index is 14.4. The summed E-state index contributed by atoms with van der Waals surface area (Å²) < 4.78 is 46.7. The second kappa shape index (κ2) is 9.07. The molecule has 0 saturated heterocycles. The van der Waals surface area contributed by atoms with Crippen molar-refractivity contribution in [2.24, 2.45) is 10.9 Å². The smallest absolute Gasteiger partial charge is 0.322 e. The van der Waals surface area contributed by atoms with Gasteiger partial charge in [-0.25, -0.2) is 8.78 Å². The number of nitro groups is 1. The molecule has 0 fully saturated rings. The summed E-state index contributed by atoms with van der Waals surface area (Å²) >= 11 is 0. The van der Waals surface area contributed by atoms with Gasteiger partial charge in [-0.15, -0.1) is 0 Å². The van der Waals surface area contributed by atoms with Crippen molar-refractivity contribution in [2.45, 2.75) is 27.2 Å². The number of Topliss-reactive ketones (excluding diaryl/α,β-unsaturated/α-hetero) is 1. The number of hydrogen-bond donors (Lipinski definition) is 0. The lowest BCUT2D eigenvalue weighted by Crippen LogP contribution is -2.30. The van der Waals surface area contributed by atoms with Crippen molar-refractivity contribution < 1.29 is 32.4 Å². The van der Waals surface area contributed by atoms with Crippen LogP contribution in [-0.4, -0.2) is 36.0 Å². The zero-order valence-corrected chi connectivity index (χ0v) is 14.3. The Labute approximate surface area is 147 Å². The third-order valence-electron chi connectivity index (χ3n) is 3.37. The van der Waals surface area contributed by atoms with E-state index in [-0.39, 0.29) is 13.2 Å². The SMILES string of the molecule is CCCN=CC(C(=O)OCC)C(=O)c1c(F)c(C)c(F)c(F)c1[N+](=O)[O-]. The van der Waals surface area contributed by atoms with E-state index in [2.05, 4.69) is 4.99 Å². The fourth-order valence-electron chi connectivity index (χ4n) is 2.09. The third kappa shape index (κ3) is 4.24. The lowest BCUT2D eigenvalue weighted by molar-refractivity contribution is -0.388. The molecular formula is C16H17F3N2O5. The van der Waals surface area contributed by atoms with Crippen molar-refractivity contribution in [3.8, 4) is 0 Å². The zero-order valence-electron chi connectivity index (χ0n) is 14.3. The summed E-state index contributed by atoms with van der Waals surface area (Å²) in [5.74, 6) is -9.76. The molecule has 0 radical (unpaired) electrons. The van der Waals surface area contributed by atoms with Crippen molar-refractivity contribution in [3.05, 3.63) is 38.7 Å². The molecule has 0 heterocycles. The van der Waals surface area contributed by atoms with Crippen LogP contribution in [0.5, 0.6) is 0 Å². The predicted octanol–water partition coefficient (Wildman–Crippen LogP) is 3.16. The minimum atomic E-state index is -1.98. The lowest BCUT2D eigenvalue weighted by Gasteiger charge is -2.13. The van der Waals surface area contributed by atoms with E-state index in [0.717, 1.165) is 13.1 Å². The number of ether oxygens (including phenoxy) is 1. The molecule has 0 aliphatic rings. The van der Waals surface area contributed by atoms with E-state index in [1.54, 1.807) is 6.92 Å². The molecule has 1 atom stereocenters. The number of aliphatic imine (C=N–C) groups is 1. The average Bonchev–Trinajstić information content (AvgIpc) is 2.59. The number of halogens is 3. The van der Waals surface area contributed by atoms with Crippen LogP contribution in [0.15, 0.2) is 4.99 Å². The molecule has 26 heavy (non-hydrogen) atoms. The minimum absolute atomic E-state index is 0.119. The van der Waals surface area contributed by atoms with Crippen LogP contribution in [0.2, 0.25) is 0 Å². The van der Waals surface area contributed by atoms with Crippen LogP contribution in [0.4, 0.5) is 18.9 Å². The summed E-state index contributed by atoms with van der Waals surface area (Å²) in [6.45, 7) is 4.14. The Morgan fingerprint density at radius 2 is 1.85 bits per heavy atom. The van der Waals surface area contributed by atoms with Gasteiger partial charge in [-0.1, -0.05) is 6.92 Å². The van der Waals surface area contributed by atoms with Gasteiger partial charge in [-0.3, -0.25) is 24.7 Å². The third-order valence-corrected chi connectivity index (χ3v) is 3.37. The average molecular weight is 374 g/mol. The van der Waals surface area contributed by atoms with Crippen molar-refractivity contribution in [1.82, 2.24) is 0 Å². The molecule has 1 rings (SSSR count). The molecule has 1 aromatic rings. The Balaban J connectivity index is 3.61. The van der Waals surface area contributed by atoms with E-state index in [9.17, 15) is 32.9 Å². The Morgan fingerprint density at radius 1 is 1.23 bits per heavy atom. The second-order valence-electron chi connectivity index (χ2n) is 5.20. The molecule has 0 aliphatic carbocycles. The molecule has 1 unspecified atom stereocenters. The van der Waals surface area contributed by atoms with E-state index in [0.29, 0.717) is 6.42 Å². The fraction of sp³-hybridized carbons (Fsp3) is 0.438. The Kier molecular flexibility index (Phi) is 7.41. The van der Waals surface area contributed by atoms with E-state index >= 15 is 0 Å². The van der Waals surface area contributed by atoms with Gasteiger partial charge < -0.3 is 4.74 Å². The van der Waals surface area contributed by atoms with E-state index in [1.165, 1.54) is 6.92 Å². The summed E-state index contributed by atoms with van der Waals surface area (Å²) in [5.41, 5.74) is -3.91. The Bertz CT molecular complexity index is 765. The minimum Gasteiger partial charge on any atom is -0.465 e. The number of rotatable bonds is 8. The number of nitro benzene ring substituents is 1. The molecule has 142 valence electrons. The summed E-state index contributed by atoms with van der Waals surface area (Å²) in [7, 11) is 0. The van der Waals surface area contributed by atoms with Crippen molar-refractivity contribution in [2.75, 3.05) is 13.2 Å². The normalized spacial score (nSPS) is 12.2. The molecule has 0 spiro atoms.